The largest absolute Gasteiger partial charge is 0.197 e. The molecule has 1 atom stereocenters. The van der Waals surface area contributed by atoms with Gasteiger partial charge in [-0.05, 0) is 36.4 Å². The third-order valence-electron chi connectivity index (χ3n) is 2.15. The molecule has 0 saturated carbocycles. The number of hydrogen-bond acceptors (Lipinski definition) is 2. The molecule has 0 aliphatic carbocycles. The highest BCUT2D eigenvalue weighted by Crippen LogP contribution is 2.22. The van der Waals surface area contributed by atoms with Gasteiger partial charge in [0.2, 0.25) is 0 Å². The third-order valence-corrected chi connectivity index (χ3v) is 3.10. The average molecular weight is 183 g/mol. The van der Waals surface area contributed by atoms with E-state index in [-0.39, 0.29) is 0 Å². The molecule has 0 N–H and O–H groups in total. The van der Waals surface area contributed by atoms with E-state index < -0.39 is 0 Å². The third kappa shape index (κ3) is 2.31. The van der Waals surface area contributed by atoms with Gasteiger partial charge >= 0.3 is 0 Å². The SMILES string of the molecule is CCCC(C)c1cc(CC)sn1. The first-order valence-corrected chi connectivity index (χ1v) is 5.50. The van der Waals surface area contributed by atoms with Gasteiger partial charge in [0.05, 0.1) is 5.69 Å². The number of aromatic nitrogens is 1. The number of nitrogens with zero attached hydrogens (tertiary/aromatic N) is 1. The standard InChI is InChI=1S/C10H17NS/c1-4-6-8(3)10-7-9(5-2)12-11-10/h7-8H,4-6H2,1-3H3. The predicted octanol–water partition coefficient (Wildman–Crippen LogP) is 3.61. The van der Waals surface area contributed by atoms with Gasteiger partial charge in [0.1, 0.15) is 0 Å². The first-order valence-electron chi connectivity index (χ1n) is 4.73. The summed E-state index contributed by atoms with van der Waals surface area (Å²) in [6, 6.07) is 2.25. The van der Waals surface area contributed by atoms with Gasteiger partial charge in [-0.25, -0.2) is 0 Å². The lowest BCUT2D eigenvalue weighted by Crippen LogP contribution is -1.91. The summed E-state index contributed by atoms with van der Waals surface area (Å²) in [5.74, 6) is 0.645. The van der Waals surface area contributed by atoms with Crippen molar-refractivity contribution in [2.24, 2.45) is 0 Å². The fourth-order valence-electron chi connectivity index (χ4n) is 1.31. The first kappa shape index (κ1) is 9.72. The Bertz CT molecular complexity index is 229. The van der Waals surface area contributed by atoms with E-state index in [4.69, 9.17) is 0 Å². The number of hydrogen-bond donors (Lipinski definition) is 0. The second kappa shape index (κ2) is 4.61. The van der Waals surface area contributed by atoms with Crippen LogP contribution in [0.3, 0.4) is 0 Å². The second-order valence-electron chi connectivity index (χ2n) is 3.26. The Balaban J connectivity index is 2.61. The Morgan fingerprint density at radius 3 is 2.75 bits per heavy atom. The molecule has 0 bridgehead atoms. The van der Waals surface area contributed by atoms with Gasteiger partial charge in [-0.3, -0.25) is 0 Å². The first-order chi connectivity index (χ1) is 5.77. The lowest BCUT2D eigenvalue weighted by molar-refractivity contribution is 0.653. The smallest absolute Gasteiger partial charge is 0.0573 e. The predicted molar refractivity (Wildman–Crippen MR) is 54.8 cm³/mol. The van der Waals surface area contributed by atoms with Crippen LogP contribution in [0.1, 0.15) is 50.1 Å². The molecule has 2 heteroatoms. The minimum Gasteiger partial charge on any atom is -0.197 e. The Morgan fingerprint density at radius 1 is 1.50 bits per heavy atom. The minimum atomic E-state index is 0.645. The van der Waals surface area contributed by atoms with Crippen molar-refractivity contribution in [2.75, 3.05) is 0 Å². The molecule has 0 fully saturated rings. The molecule has 12 heavy (non-hydrogen) atoms. The zero-order chi connectivity index (χ0) is 8.97. The molecule has 0 aromatic carbocycles. The van der Waals surface area contributed by atoms with Gasteiger partial charge in [0, 0.05) is 4.88 Å². The highest BCUT2D eigenvalue weighted by molar-refractivity contribution is 7.05. The molecule has 0 aliphatic rings. The molecule has 1 nitrogen and oxygen atoms in total. The lowest BCUT2D eigenvalue weighted by atomic mass is 10.0. The highest BCUT2D eigenvalue weighted by atomic mass is 32.1. The zero-order valence-electron chi connectivity index (χ0n) is 8.13. The van der Waals surface area contributed by atoms with Crippen LogP contribution in [-0.2, 0) is 6.42 Å². The van der Waals surface area contributed by atoms with Crippen molar-refractivity contribution in [3.8, 4) is 0 Å². The molecule has 0 saturated heterocycles. The van der Waals surface area contributed by atoms with E-state index >= 15 is 0 Å². The van der Waals surface area contributed by atoms with Crippen LogP contribution in [0.15, 0.2) is 6.07 Å². The van der Waals surface area contributed by atoms with Crippen molar-refractivity contribution in [3.63, 3.8) is 0 Å². The van der Waals surface area contributed by atoms with E-state index in [2.05, 4.69) is 31.2 Å². The van der Waals surface area contributed by atoms with Crippen LogP contribution in [0.4, 0.5) is 0 Å². The van der Waals surface area contributed by atoms with Crippen LogP contribution in [-0.4, -0.2) is 4.37 Å². The average Bonchev–Trinajstić information content (AvgIpc) is 2.52. The number of aryl methyl sites for hydroxylation is 1. The molecule has 1 rings (SSSR count). The van der Waals surface area contributed by atoms with Crippen molar-refractivity contribution < 1.29 is 0 Å². The highest BCUT2D eigenvalue weighted by Gasteiger charge is 2.07. The maximum Gasteiger partial charge on any atom is 0.0573 e. The summed E-state index contributed by atoms with van der Waals surface area (Å²) < 4.78 is 4.45. The van der Waals surface area contributed by atoms with E-state index in [1.54, 1.807) is 11.5 Å². The van der Waals surface area contributed by atoms with E-state index in [0.29, 0.717) is 5.92 Å². The summed E-state index contributed by atoms with van der Waals surface area (Å²) in [4.78, 5) is 1.41. The normalized spacial score (nSPS) is 13.2. The van der Waals surface area contributed by atoms with Crippen molar-refractivity contribution in [1.29, 1.82) is 0 Å². The molecular formula is C10H17NS. The minimum absolute atomic E-state index is 0.645. The Hall–Kier alpha value is -0.370. The monoisotopic (exact) mass is 183 g/mol. The van der Waals surface area contributed by atoms with Crippen LogP contribution in [0.5, 0.6) is 0 Å². The van der Waals surface area contributed by atoms with Crippen molar-refractivity contribution >= 4 is 11.5 Å². The molecule has 1 heterocycles. The summed E-state index contributed by atoms with van der Waals surface area (Å²) in [7, 11) is 0. The molecule has 1 aromatic rings. The maximum absolute atomic E-state index is 4.45. The molecule has 68 valence electrons. The fourth-order valence-corrected chi connectivity index (χ4v) is 2.07. The molecular weight excluding hydrogens is 166 g/mol. The lowest BCUT2D eigenvalue weighted by Gasteiger charge is -2.04. The second-order valence-corrected chi connectivity index (χ2v) is 4.15. The van der Waals surface area contributed by atoms with Gasteiger partial charge in [-0.15, -0.1) is 0 Å². The van der Waals surface area contributed by atoms with Crippen LogP contribution >= 0.6 is 11.5 Å². The van der Waals surface area contributed by atoms with Gasteiger partial charge in [-0.2, -0.15) is 4.37 Å². The summed E-state index contributed by atoms with van der Waals surface area (Å²) in [6.45, 7) is 6.67. The summed E-state index contributed by atoms with van der Waals surface area (Å²) in [6.07, 6.45) is 3.63. The van der Waals surface area contributed by atoms with E-state index in [9.17, 15) is 0 Å². The van der Waals surface area contributed by atoms with Crippen molar-refractivity contribution in [3.05, 3.63) is 16.6 Å². The van der Waals surface area contributed by atoms with E-state index in [1.165, 1.54) is 23.4 Å². The van der Waals surface area contributed by atoms with Gasteiger partial charge in [-0.1, -0.05) is 27.2 Å². The maximum atomic E-state index is 4.45. The van der Waals surface area contributed by atoms with Crippen LogP contribution in [0.25, 0.3) is 0 Å². The molecule has 0 amide bonds. The summed E-state index contributed by atoms with van der Waals surface area (Å²) in [5, 5.41) is 0. The topological polar surface area (TPSA) is 12.9 Å². The Kier molecular flexibility index (Phi) is 3.73. The van der Waals surface area contributed by atoms with Crippen LogP contribution in [0, 0.1) is 0 Å². The molecule has 0 radical (unpaired) electrons. The van der Waals surface area contributed by atoms with Crippen molar-refractivity contribution in [2.45, 2.75) is 46.0 Å². The number of rotatable bonds is 4. The van der Waals surface area contributed by atoms with Crippen LogP contribution < -0.4 is 0 Å². The Morgan fingerprint density at radius 2 is 2.25 bits per heavy atom. The van der Waals surface area contributed by atoms with Crippen LogP contribution in [0.2, 0.25) is 0 Å². The van der Waals surface area contributed by atoms with Crippen molar-refractivity contribution in [1.82, 2.24) is 4.37 Å². The van der Waals surface area contributed by atoms with Gasteiger partial charge in [0.25, 0.3) is 0 Å². The van der Waals surface area contributed by atoms with Gasteiger partial charge < -0.3 is 0 Å². The zero-order valence-corrected chi connectivity index (χ0v) is 8.95. The summed E-state index contributed by atoms with van der Waals surface area (Å²) >= 11 is 1.65. The Labute approximate surface area is 79.0 Å². The van der Waals surface area contributed by atoms with Gasteiger partial charge in [0.15, 0.2) is 0 Å². The molecule has 1 unspecified atom stereocenters. The molecule has 1 aromatic heterocycles. The molecule has 0 spiro atoms. The summed E-state index contributed by atoms with van der Waals surface area (Å²) in [5.41, 5.74) is 1.29. The quantitative estimate of drug-likeness (QED) is 0.695. The van der Waals surface area contributed by atoms with E-state index in [1.807, 2.05) is 0 Å². The fraction of sp³-hybridized carbons (Fsp3) is 0.700. The molecule has 0 aliphatic heterocycles. The van der Waals surface area contributed by atoms with E-state index in [0.717, 1.165) is 6.42 Å².